The third-order valence-electron chi connectivity index (χ3n) is 2.63. The smallest absolute Gasteiger partial charge is 0.232 e. The average molecular weight is 293 g/mol. The summed E-state index contributed by atoms with van der Waals surface area (Å²) in [6.07, 6.45) is 1.11. The van der Waals surface area contributed by atoms with E-state index >= 15 is 0 Å². The van der Waals surface area contributed by atoms with Crippen LogP contribution in [0.25, 0.3) is 0 Å². The van der Waals surface area contributed by atoms with E-state index in [9.17, 15) is 17.6 Å². The molecule has 8 heteroatoms. The van der Waals surface area contributed by atoms with E-state index in [0.717, 1.165) is 6.20 Å². The molecule has 0 radical (unpaired) electrons. The standard InChI is InChI=1S/C10H10ClFN2O3S/c11-18(16,17)6-7-3-10(15)14(5-7)9-2-1-8(12)4-13-9/h1-2,4,7H,3,5-6H2. The van der Waals surface area contributed by atoms with Crippen LogP contribution in [0.5, 0.6) is 0 Å². The van der Waals surface area contributed by atoms with E-state index in [-0.39, 0.29) is 30.5 Å². The number of halogens is 2. The number of amides is 1. The molecule has 0 N–H and O–H groups in total. The minimum absolute atomic E-state index is 0.102. The Hall–Kier alpha value is -1.21. The van der Waals surface area contributed by atoms with Crippen LogP contribution in [0.1, 0.15) is 6.42 Å². The van der Waals surface area contributed by atoms with E-state index in [2.05, 4.69) is 4.98 Å². The van der Waals surface area contributed by atoms with Gasteiger partial charge in [-0.25, -0.2) is 17.8 Å². The van der Waals surface area contributed by atoms with Gasteiger partial charge in [-0.3, -0.25) is 9.69 Å². The lowest BCUT2D eigenvalue weighted by molar-refractivity contribution is -0.117. The predicted molar refractivity (Wildman–Crippen MR) is 64.3 cm³/mol. The van der Waals surface area contributed by atoms with Crippen LogP contribution >= 0.6 is 10.7 Å². The number of carbonyl (C=O) groups is 1. The average Bonchev–Trinajstić information content (AvgIpc) is 2.58. The summed E-state index contributed by atoms with van der Waals surface area (Å²) in [4.78, 5) is 16.8. The largest absolute Gasteiger partial charge is 0.296 e. The number of rotatable bonds is 3. The molecule has 1 fully saturated rings. The first kappa shape index (κ1) is 13.2. The van der Waals surface area contributed by atoms with Crippen LogP contribution in [0.2, 0.25) is 0 Å². The van der Waals surface area contributed by atoms with Gasteiger partial charge in [0.15, 0.2) is 0 Å². The maximum atomic E-state index is 12.7. The molecular formula is C10H10ClFN2O3S. The van der Waals surface area contributed by atoms with Gasteiger partial charge >= 0.3 is 0 Å². The quantitative estimate of drug-likeness (QED) is 0.784. The topological polar surface area (TPSA) is 67.3 Å². The van der Waals surface area contributed by atoms with Crippen LogP contribution in [0, 0.1) is 11.7 Å². The molecule has 1 aromatic heterocycles. The van der Waals surface area contributed by atoms with Crippen molar-refractivity contribution in [1.82, 2.24) is 4.98 Å². The molecule has 2 heterocycles. The molecule has 1 unspecified atom stereocenters. The van der Waals surface area contributed by atoms with Gasteiger partial charge < -0.3 is 0 Å². The summed E-state index contributed by atoms with van der Waals surface area (Å²) in [5, 5.41) is 0. The van der Waals surface area contributed by atoms with E-state index in [1.807, 2.05) is 0 Å². The van der Waals surface area contributed by atoms with E-state index < -0.39 is 14.9 Å². The van der Waals surface area contributed by atoms with E-state index in [1.54, 1.807) is 0 Å². The molecule has 0 spiro atoms. The monoisotopic (exact) mass is 292 g/mol. The zero-order valence-corrected chi connectivity index (χ0v) is 10.8. The highest BCUT2D eigenvalue weighted by atomic mass is 35.7. The zero-order chi connectivity index (χ0) is 13.3. The summed E-state index contributed by atoms with van der Waals surface area (Å²) in [6.45, 7) is 0.226. The molecule has 0 saturated carbocycles. The van der Waals surface area contributed by atoms with Crippen molar-refractivity contribution < 1.29 is 17.6 Å². The Labute approximate surface area is 108 Å². The third-order valence-corrected chi connectivity index (χ3v) is 3.88. The van der Waals surface area contributed by atoms with Crippen molar-refractivity contribution in [2.75, 3.05) is 17.2 Å². The van der Waals surface area contributed by atoms with Gasteiger partial charge in [0.25, 0.3) is 0 Å². The van der Waals surface area contributed by atoms with Crippen molar-refractivity contribution in [3.05, 3.63) is 24.1 Å². The van der Waals surface area contributed by atoms with Crippen LogP contribution in [0.15, 0.2) is 18.3 Å². The van der Waals surface area contributed by atoms with Crippen molar-refractivity contribution in [2.45, 2.75) is 6.42 Å². The van der Waals surface area contributed by atoms with E-state index in [0.29, 0.717) is 5.82 Å². The Balaban J connectivity index is 2.12. The van der Waals surface area contributed by atoms with Gasteiger partial charge in [0, 0.05) is 29.6 Å². The summed E-state index contributed by atoms with van der Waals surface area (Å²) < 4.78 is 34.6. The molecule has 5 nitrogen and oxygen atoms in total. The number of pyridine rings is 1. The Kier molecular flexibility index (Phi) is 3.54. The van der Waals surface area contributed by atoms with Gasteiger partial charge in [0.05, 0.1) is 11.9 Å². The first-order valence-corrected chi connectivity index (χ1v) is 7.67. The molecule has 0 bridgehead atoms. The van der Waals surface area contributed by atoms with Gasteiger partial charge in [-0.15, -0.1) is 0 Å². The fourth-order valence-electron chi connectivity index (χ4n) is 1.92. The van der Waals surface area contributed by atoms with Crippen LogP contribution in [0.3, 0.4) is 0 Å². The number of anilines is 1. The number of carbonyl (C=O) groups excluding carboxylic acids is 1. The molecule has 1 saturated heterocycles. The van der Waals surface area contributed by atoms with Crippen LogP contribution in [-0.2, 0) is 13.8 Å². The molecule has 1 aliphatic heterocycles. The predicted octanol–water partition coefficient (Wildman–Crippen LogP) is 1.14. The first-order chi connectivity index (χ1) is 8.35. The van der Waals surface area contributed by atoms with Gasteiger partial charge in [-0.05, 0) is 12.1 Å². The van der Waals surface area contributed by atoms with E-state index in [4.69, 9.17) is 10.7 Å². The third kappa shape index (κ3) is 3.17. The summed E-state index contributed by atoms with van der Waals surface area (Å²) in [6, 6.07) is 2.58. The van der Waals surface area contributed by atoms with Crippen molar-refractivity contribution in [2.24, 2.45) is 5.92 Å². The highest BCUT2D eigenvalue weighted by Crippen LogP contribution is 2.25. The molecule has 1 amide bonds. The molecule has 98 valence electrons. The second-order valence-corrected chi connectivity index (χ2v) is 6.94. The molecule has 0 aliphatic carbocycles. The van der Waals surface area contributed by atoms with Gasteiger partial charge in [-0.2, -0.15) is 0 Å². The second-order valence-electron chi connectivity index (χ2n) is 4.11. The van der Waals surface area contributed by atoms with Gasteiger partial charge in [0.1, 0.15) is 11.6 Å². The summed E-state index contributed by atoms with van der Waals surface area (Å²) in [5.41, 5.74) is 0. The highest BCUT2D eigenvalue weighted by molar-refractivity contribution is 8.13. The maximum absolute atomic E-state index is 12.7. The Morgan fingerprint density at radius 3 is 2.78 bits per heavy atom. The van der Waals surface area contributed by atoms with Crippen molar-refractivity contribution in [3.8, 4) is 0 Å². The molecule has 0 aromatic carbocycles. The van der Waals surface area contributed by atoms with Crippen LogP contribution in [-0.4, -0.2) is 31.6 Å². The Morgan fingerprint density at radius 1 is 1.50 bits per heavy atom. The minimum atomic E-state index is -3.63. The molecular weight excluding hydrogens is 283 g/mol. The normalized spacial score (nSPS) is 20.4. The lowest BCUT2D eigenvalue weighted by Crippen LogP contribution is -2.26. The molecule has 2 rings (SSSR count). The summed E-state index contributed by atoms with van der Waals surface area (Å²) >= 11 is 0. The van der Waals surface area contributed by atoms with Crippen molar-refractivity contribution in [1.29, 1.82) is 0 Å². The number of hydrogen-bond acceptors (Lipinski definition) is 4. The van der Waals surface area contributed by atoms with Gasteiger partial charge in [0.2, 0.25) is 15.0 Å². The molecule has 18 heavy (non-hydrogen) atoms. The van der Waals surface area contributed by atoms with E-state index in [1.165, 1.54) is 17.0 Å². The van der Waals surface area contributed by atoms with Crippen LogP contribution in [0.4, 0.5) is 10.2 Å². The number of aromatic nitrogens is 1. The minimum Gasteiger partial charge on any atom is -0.296 e. The highest BCUT2D eigenvalue weighted by Gasteiger charge is 2.33. The lowest BCUT2D eigenvalue weighted by Gasteiger charge is -2.14. The summed E-state index contributed by atoms with van der Waals surface area (Å²) in [5.74, 6) is -1.02. The van der Waals surface area contributed by atoms with Crippen molar-refractivity contribution in [3.63, 3.8) is 0 Å². The maximum Gasteiger partial charge on any atom is 0.232 e. The zero-order valence-electron chi connectivity index (χ0n) is 9.21. The Morgan fingerprint density at radius 2 is 2.22 bits per heavy atom. The van der Waals surface area contributed by atoms with Gasteiger partial charge in [-0.1, -0.05) is 0 Å². The number of hydrogen-bond donors (Lipinski definition) is 0. The molecule has 1 atom stereocenters. The fourth-order valence-corrected chi connectivity index (χ4v) is 3.24. The SMILES string of the molecule is O=C1CC(CS(=O)(=O)Cl)CN1c1ccc(F)cn1. The molecule has 1 aliphatic rings. The first-order valence-electron chi connectivity index (χ1n) is 5.19. The molecule has 1 aromatic rings. The number of nitrogens with zero attached hydrogens (tertiary/aromatic N) is 2. The van der Waals surface area contributed by atoms with Crippen molar-refractivity contribution >= 4 is 31.5 Å². The lowest BCUT2D eigenvalue weighted by atomic mass is 10.1. The van der Waals surface area contributed by atoms with Crippen LogP contribution < -0.4 is 4.90 Å². The Bertz CT molecular complexity index is 561. The second kappa shape index (κ2) is 4.81. The summed E-state index contributed by atoms with van der Waals surface area (Å²) in [7, 11) is 1.52. The fraction of sp³-hybridized carbons (Fsp3) is 0.400.